The van der Waals surface area contributed by atoms with Crippen LogP contribution < -0.4 is 5.32 Å². The molecule has 0 fully saturated rings. The summed E-state index contributed by atoms with van der Waals surface area (Å²) in [6.45, 7) is 4.69. The Morgan fingerprint density at radius 2 is 1.19 bits per heavy atom. The van der Waals surface area contributed by atoms with E-state index in [1.165, 1.54) is 60.3 Å². The minimum absolute atomic E-state index is 0.120. The second-order valence-corrected chi connectivity index (χ2v) is 14.8. The topological polar surface area (TPSA) is 48.4 Å². The molecule has 11 rings (SSSR count). The summed E-state index contributed by atoms with van der Waals surface area (Å²) in [7, 11) is 0. The molecule has 1 N–H and O–H groups in total. The van der Waals surface area contributed by atoms with Crippen molar-refractivity contribution in [1.82, 2.24) is 14.5 Å². The van der Waals surface area contributed by atoms with Crippen LogP contribution in [0.15, 0.2) is 169 Å². The number of hydrogen-bond acceptors (Lipinski definition) is 2. The van der Waals surface area contributed by atoms with E-state index >= 15 is 0 Å². The maximum Gasteiger partial charge on any atom is 0.0934 e. The normalized spacial score (nSPS) is 17.6. The van der Waals surface area contributed by atoms with Crippen LogP contribution in [-0.2, 0) is 5.41 Å². The number of nitrogens with zero attached hydrogens (tertiary/aromatic N) is 4. The summed E-state index contributed by atoms with van der Waals surface area (Å²) in [6, 6.07) is 58.9. The summed E-state index contributed by atoms with van der Waals surface area (Å²) >= 11 is 0. The molecule has 1 aliphatic carbocycles. The van der Waals surface area contributed by atoms with Gasteiger partial charge in [-0.1, -0.05) is 141 Å². The van der Waals surface area contributed by atoms with Gasteiger partial charge in [0.05, 0.1) is 28.4 Å². The quantitative estimate of drug-likeness (QED) is 0.197. The first-order chi connectivity index (χ1) is 26.0. The molecule has 53 heavy (non-hydrogen) atoms. The fraction of sp³-hybridized carbons (Fsp3) is 0.104. The Hall–Kier alpha value is -6.43. The predicted octanol–water partition coefficient (Wildman–Crippen LogP) is 11.8. The molecule has 5 heteroatoms. The molecule has 5 nitrogen and oxygen atoms in total. The smallest absolute Gasteiger partial charge is 0.0934 e. The maximum atomic E-state index is 5.48. The second kappa shape index (κ2) is 11.3. The summed E-state index contributed by atoms with van der Waals surface area (Å²) in [5.74, 6) is 0.727. The lowest BCUT2D eigenvalue weighted by atomic mass is 9.82. The molecule has 2 aromatic heterocycles. The van der Waals surface area contributed by atoms with Gasteiger partial charge in [0.1, 0.15) is 0 Å². The Balaban J connectivity index is 1.09. The first-order valence-electron chi connectivity index (χ1n) is 18.4. The zero-order chi connectivity index (χ0) is 35.3. The number of fused-ring (bicyclic) bond motifs is 9. The molecule has 7 aromatic carbocycles. The number of benzene rings is 7. The number of hydrogen-bond donors (Lipinski definition) is 1. The number of aliphatic imine (C=N–C) groups is 1. The zero-order valence-electron chi connectivity index (χ0n) is 29.5. The third kappa shape index (κ3) is 4.44. The van der Waals surface area contributed by atoms with E-state index in [-0.39, 0.29) is 11.6 Å². The van der Waals surface area contributed by atoms with Gasteiger partial charge < -0.3 is 19.4 Å². The van der Waals surface area contributed by atoms with Gasteiger partial charge in [0, 0.05) is 38.8 Å². The van der Waals surface area contributed by atoms with E-state index in [2.05, 4.69) is 192 Å². The molecule has 2 atom stereocenters. The van der Waals surface area contributed by atoms with Gasteiger partial charge in [-0.25, -0.2) is 0 Å². The Kier molecular flexibility index (Phi) is 6.43. The fourth-order valence-corrected chi connectivity index (χ4v) is 9.02. The van der Waals surface area contributed by atoms with E-state index in [1.54, 1.807) is 0 Å². The van der Waals surface area contributed by atoms with Gasteiger partial charge in [0.25, 0.3) is 0 Å². The predicted molar refractivity (Wildman–Crippen MR) is 219 cm³/mol. The Bertz CT molecular complexity index is 2890. The highest BCUT2D eigenvalue weighted by Gasteiger charge is 2.36. The molecular weight excluding hydrogens is 647 g/mol. The third-order valence-electron chi connectivity index (χ3n) is 11.5. The molecule has 2 aliphatic rings. The largest absolute Gasteiger partial charge is 0.445 e. The number of aromatic nitrogens is 2. The Morgan fingerprint density at radius 3 is 1.94 bits per heavy atom. The van der Waals surface area contributed by atoms with Crippen molar-refractivity contribution < 1.29 is 0 Å². The van der Waals surface area contributed by atoms with Crippen LogP contribution in [0.4, 0.5) is 0 Å². The van der Waals surface area contributed by atoms with Crippen LogP contribution in [0.1, 0.15) is 48.6 Å². The molecule has 0 radical (unpaired) electrons. The molecule has 0 spiro atoms. The van der Waals surface area contributed by atoms with Crippen molar-refractivity contribution in [2.45, 2.75) is 31.7 Å². The highest BCUT2D eigenvalue weighted by atomic mass is 15.4. The van der Waals surface area contributed by atoms with Crippen LogP contribution in [0.2, 0.25) is 0 Å². The van der Waals surface area contributed by atoms with E-state index in [4.69, 9.17) is 10.3 Å². The second-order valence-electron chi connectivity index (χ2n) is 14.8. The number of nitrogens with one attached hydrogen (secondary N) is 1. The molecule has 0 saturated heterocycles. The van der Waals surface area contributed by atoms with Crippen LogP contribution >= 0.6 is 0 Å². The molecule has 254 valence electrons. The van der Waals surface area contributed by atoms with Gasteiger partial charge in [-0.2, -0.15) is 0 Å². The fourth-order valence-electron chi connectivity index (χ4n) is 9.02. The van der Waals surface area contributed by atoms with Crippen LogP contribution in [0.5, 0.6) is 0 Å². The van der Waals surface area contributed by atoms with Gasteiger partial charge in [0.15, 0.2) is 0 Å². The molecule has 0 amide bonds. The molecule has 3 heterocycles. The van der Waals surface area contributed by atoms with Gasteiger partial charge in [-0.15, -0.1) is 0 Å². The van der Waals surface area contributed by atoms with E-state index in [1.807, 2.05) is 0 Å². The van der Waals surface area contributed by atoms with E-state index in [0.717, 1.165) is 28.2 Å². The monoisotopic (exact) mass is 682 g/mol. The summed E-state index contributed by atoms with van der Waals surface area (Å²) < 4.78 is 4.75. The van der Waals surface area contributed by atoms with Crippen molar-refractivity contribution in [3.8, 4) is 16.8 Å². The lowest BCUT2D eigenvalue weighted by Crippen LogP contribution is -2.35. The van der Waals surface area contributed by atoms with E-state index < -0.39 is 6.29 Å². The van der Waals surface area contributed by atoms with E-state index in [0.29, 0.717) is 0 Å². The van der Waals surface area contributed by atoms with E-state index in [9.17, 15) is 0 Å². The van der Waals surface area contributed by atoms with Gasteiger partial charge in [0.2, 0.25) is 0 Å². The van der Waals surface area contributed by atoms with Crippen LogP contribution in [-0.4, -0.2) is 15.0 Å². The van der Waals surface area contributed by atoms with Crippen molar-refractivity contribution in [3.05, 3.63) is 191 Å². The lowest BCUT2D eigenvalue weighted by Gasteiger charge is -2.41. The van der Waals surface area contributed by atoms with Crippen LogP contribution in [0.25, 0.3) is 65.7 Å². The van der Waals surface area contributed by atoms with Crippen molar-refractivity contribution in [3.63, 3.8) is 0 Å². The van der Waals surface area contributed by atoms with Crippen molar-refractivity contribution in [2.75, 3.05) is 0 Å². The molecular formula is C48H36N5-. The first-order valence-corrected chi connectivity index (χ1v) is 18.4. The Labute approximate surface area is 307 Å². The average Bonchev–Trinajstić information content (AvgIpc) is 3.80. The number of amidine groups is 1. The third-order valence-corrected chi connectivity index (χ3v) is 11.5. The zero-order valence-corrected chi connectivity index (χ0v) is 29.5. The van der Waals surface area contributed by atoms with Gasteiger partial charge in [-0.3, -0.25) is 5.32 Å². The van der Waals surface area contributed by atoms with Crippen LogP contribution in [0.3, 0.4) is 0 Å². The summed E-state index contributed by atoms with van der Waals surface area (Å²) in [5, 5.41) is 14.3. The highest BCUT2D eigenvalue weighted by Crippen LogP contribution is 2.51. The average molecular weight is 683 g/mol. The van der Waals surface area contributed by atoms with Gasteiger partial charge in [-0.05, 0) is 75.8 Å². The summed E-state index contributed by atoms with van der Waals surface area (Å²) in [5.41, 5.74) is 13.1. The van der Waals surface area contributed by atoms with Gasteiger partial charge >= 0.3 is 0 Å². The van der Waals surface area contributed by atoms with Crippen LogP contribution in [0, 0.1) is 0 Å². The molecule has 0 bridgehead atoms. The Morgan fingerprint density at radius 1 is 0.547 bits per heavy atom. The van der Waals surface area contributed by atoms with Crippen molar-refractivity contribution in [1.29, 1.82) is 0 Å². The molecule has 9 aromatic rings. The first kappa shape index (κ1) is 30.2. The number of para-hydroxylation sites is 3. The van der Waals surface area contributed by atoms with Crippen molar-refractivity contribution >= 4 is 49.4 Å². The number of rotatable bonds is 4. The van der Waals surface area contributed by atoms with Crippen molar-refractivity contribution in [2.24, 2.45) is 4.99 Å². The maximum absolute atomic E-state index is 5.48. The SMILES string of the molecule is CC1(C)c2ccccc2-c2cc3c4ccccc4n(C4[N-]C(c5cccc(-n6c7ccccc7c7ccccc76)c5)=NC(c5ccccc5)N4)c3cc21. The molecule has 0 saturated carbocycles. The minimum atomic E-state index is -0.406. The lowest BCUT2D eigenvalue weighted by molar-refractivity contribution is 0.413. The molecule has 1 aliphatic heterocycles. The summed E-state index contributed by atoms with van der Waals surface area (Å²) in [4.78, 5) is 5.31. The standard InChI is InChI=1S/C48H36N5/c1-48(2)39-23-10-6-19-33(39)37-28-38-36-22-9-13-26-43(36)53(44(38)29-40(37)48)47-50-45(30-15-4-3-5-16-30)49-46(51-47)31-17-14-18-32(27-31)52-41-24-11-7-20-34(41)35-21-8-12-25-42(35)52/h3-29,45,47,50H,1-2H3/q-1. The minimum Gasteiger partial charge on any atom is -0.445 e. The molecule has 2 unspecified atom stereocenters. The highest BCUT2D eigenvalue weighted by molar-refractivity contribution is 6.13. The summed E-state index contributed by atoms with van der Waals surface area (Å²) in [6.07, 6.45) is -0.700.